The van der Waals surface area contributed by atoms with Gasteiger partial charge in [-0.25, -0.2) is 14.4 Å². The quantitative estimate of drug-likeness (QED) is 0.237. The van der Waals surface area contributed by atoms with E-state index < -0.39 is 70.3 Å². The van der Waals surface area contributed by atoms with Crippen molar-refractivity contribution in [2.24, 2.45) is 16.7 Å². The summed E-state index contributed by atoms with van der Waals surface area (Å²) in [6.07, 6.45) is 2.06. The van der Waals surface area contributed by atoms with Crippen LogP contribution in [0.15, 0.2) is 77.8 Å². The van der Waals surface area contributed by atoms with Gasteiger partial charge in [0.25, 0.3) is 0 Å². The topological polar surface area (TPSA) is 159 Å². The summed E-state index contributed by atoms with van der Waals surface area (Å²) >= 11 is 0. The van der Waals surface area contributed by atoms with Gasteiger partial charge in [-0.1, -0.05) is 43.7 Å². The van der Waals surface area contributed by atoms with E-state index in [2.05, 4.69) is 4.98 Å². The van der Waals surface area contributed by atoms with Gasteiger partial charge >= 0.3 is 23.9 Å². The predicted octanol–water partition coefficient (Wildman–Crippen LogP) is 4.66. The predicted molar refractivity (Wildman–Crippen MR) is 163 cm³/mol. The molecular formula is C35H39NO10. The summed E-state index contributed by atoms with van der Waals surface area (Å²) in [6, 6.07) is 11.4. The number of benzene rings is 1. The Morgan fingerprint density at radius 1 is 1.02 bits per heavy atom. The fourth-order valence-electron chi connectivity index (χ4n) is 7.60. The lowest BCUT2D eigenvalue weighted by molar-refractivity contribution is -0.290. The molecule has 46 heavy (non-hydrogen) atoms. The van der Waals surface area contributed by atoms with Crippen LogP contribution in [-0.4, -0.2) is 69.6 Å². The first kappa shape index (κ1) is 32.9. The third kappa shape index (κ3) is 5.46. The van der Waals surface area contributed by atoms with Crippen molar-refractivity contribution in [1.29, 1.82) is 0 Å². The van der Waals surface area contributed by atoms with Gasteiger partial charge in [0, 0.05) is 42.1 Å². The summed E-state index contributed by atoms with van der Waals surface area (Å²) in [7, 11) is 0. The van der Waals surface area contributed by atoms with E-state index in [1.165, 1.54) is 26.2 Å². The van der Waals surface area contributed by atoms with Crippen LogP contribution < -0.4 is 0 Å². The van der Waals surface area contributed by atoms with Crippen molar-refractivity contribution < 1.29 is 48.3 Å². The number of carbonyl (C=O) groups excluding carboxylic acids is 4. The highest BCUT2D eigenvalue weighted by atomic mass is 16.6. The molecule has 11 nitrogen and oxygen atoms in total. The molecule has 5 rings (SSSR count). The third-order valence-corrected chi connectivity index (χ3v) is 10.4. The summed E-state index contributed by atoms with van der Waals surface area (Å²) in [6.45, 7) is 8.04. The molecule has 0 spiro atoms. The Kier molecular flexibility index (Phi) is 8.83. The van der Waals surface area contributed by atoms with Crippen molar-refractivity contribution in [1.82, 2.24) is 4.98 Å². The zero-order valence-electron chi connectivity index (χ0n) is 26.5. The number of allylic oxidation sites excluding steroid dienone is 1. The molecule has 0 amide bonds. The monoisotopic (exact) mass is 633 g/mol. The minimum Gasteiger partial charge on any atom is -0.502 e. The zero-order valence-corrected chi connectivity index (χ0v) is 26.5. The van der Waals surface area contributed by atoms with Gasteiger partial charge in [-0.05, 0) is 56.9 Å². The summed E-state index contributed by atoms with van der Waals surface area (Å²) < 4.78 is 23.4. The molecule has 7 atom stereocenters. The molecule has 0 bridgehead atoms. The van der Waals surface area contributed by atoms with Gasteiger partial charge in [0.1, 0.15) is 18.3 Å². The average Bonchev–Trinajstić information content (AvgIpc) is 3.35. The molecule has 11 heteroatoms. The van der Waals surface area contributed by atoms with Gasteiger partial charge in [-0.3, -0.25) is 9.78 Å². The number of fused-ring (bicyclic) bond motifs is 1. The van der Waals surface area contributed by atoms with Crippen molar-refractivity contribution in [2.75, 3.05) is 6.61 Å². The number of pyridine rings is 1. The molecule has 2 N–H and O–H groups in total. The van der Waals surface area contributed by atoms with Gasteiger partial charge in [-0.15, -0.1) is 0 Å². The van der Waals surface area contributed by atoms with Crippen LogP contribution in [0.5, 0.6) is 0 Å². The van der Waals surface area contributed by atoms with Gasteiger partial charge in [0.05, 0.1) is 11.1 Å². The van der Waals surface area contributed by atoms with Gasteiger partial charge in [-0.2, -0.15) is 0 Å². The van der Waals surface area contributed by atoms with E-state index in [-0.39, 0.29) is 29.7 Å². The second kappa shape index (κ2) is 12.4. The summed E-state index contributed by atoms with van der Waals surface area (Å²) in [5, 5.41) is 23.3. The van der Waals surface area contributed by atoms with Crippen molar-refractivity contribution in [3.8, 4) is 0 Å². The second-order valence-corrected chi connectivity index (χ2v) is 12.8. The average molecular weight is 634 g/mol. The smallest absolute Gasteiger partial charge is 0.373 e. The van der Waals surface area contributed by atoms with Gasteiger partial charge in [0.15, 0.2) is 12.2 Å². The number of rotatable bonds is 8. The van der Waals surface area contributed by atoms with Crippen LogP contribution in [0.3, 0.4) is 0 Å². The standard InChI is InChI=1S/C35H39NO10/c1-20-11-9-15-25-33(20,3)28(45-31(40)23-14-10-16-36-18-23)29(46-30(39)22-12-7-6-8-13-22)35(5,42)34(25,4)26(44-21(2)37)17-24-19-43-32(41)27(24)38/h6-8,10-14,16,18,25-26,28-29,38,42H,9,15,17,19H2,1-5H3/t25-,26+,28-,29-,33-,34-,35-/m0/s1. The first-order valence-electron chi connectivity index (χ1n) is 15.2. The van der Waals surface area contributed by atoms with Gasteiger partial charge in [0.2, 0.25) is 5.76 Å². The van der Waals surface area contributed by atoms with Crippen LogP contribution in [0.25, 0.3) is 0 Å². The Labute approximate surface area is 267 Å². The highest BCUT2D eigenvalue weighted by Crippen LogP contribution is 2.65. The first-order chi connectivity index (χ1) is 21.7. The van der Waals surface area contributed by atoms with Crippen LogP contribution in [-0.2, 0) is 28.5 Å². The minimum atomic E-state index is -2.01. The van der Waals surface area contributed by atoms with Crippen LogP contribution in [0.4, 0.5) is 0 Å². The molecule has 2 heterocycles. The molecule has 1 fully saturated rings. The maximum Gasteiger partial charge on any atom is 0.373 e. The van der Waals surface area contributed by atoms with Crippen molar-refractivity contribution >= 4 is 23.9 Å². The van der Waals surface area contributed by atoms with Crippen molar-refractivity contribution in [2.45, 2.75) is 77.8 Å². The second-order valence-electron chi connectivity index (χ2n) is 12.8. The number of hydrogen-bond acceptors (Lipinski definition) is 11. The Hall–Kier alpha value is -4.51. The van der Waals surface area contributed by atoms with E-state index in [1.54, 1.807) is 49.4 Å². The number of aliphatic hydroxyl groups excluding tert-OH is 1. The lowest BCUT2D eigenvalue weighted by Crippen LogP contribution is -2.75. The summed E-state index contributed by atoms with van der Waals surface area (Å²) in [4.78, 5) is 56.0. The number of aliphatic hydroxyl groups is 2. The van der Waals surface area contributed by atoms with Crippen molar-refractivity contribution in [3.63, 3.8) is 0 Å². The summed E-state index contributed by atoms with van der Waals surface area (Å²) in [5.74, 6) is -4.12. The van der Waals surface area contributed by atoms with E-state index >= 15 is 0 Å². The van der Waals surface area contributed by atoms with E-state index in [1.807, 2.05) is 19.9 Å². The number of cyclic esters (lactones) is 1. The van der Waals surface area contributed by atoms with E-state index in [0.29, 0.717) is 12.8 Å². The molecule has 1 saturated carbocycles. The molecular weight excluding hydrogens is 594 g/mol. The maximum absolute atomic E-state index is 13.7. The van der Waals surface area contributed by atoms with Crippen molar-refractivity contribution in [3.05, 3.63) is 89.0 Å². The summed E-state index contributed by atoms with van der Waals surface area (Å²) in [5.41, 5.74) is -3.04. The van der Waals surface area contributed by atoms with Crippen LogP contribution >= 0.6 is 0 Å². The number of aromatic nitrogens is 1. The number of nitrogens with zero attached hydrogens (tertiary/aromatic N) is 1. The fraction of sp³-hybridized carbons (Fsp3) is 0.457. The molecule has 1 aliphatic heterocycles. The molecule has 244 valence electrons. The number of carbonyl (C=O) groups is 4. The largest absolute Gasteiger partial charge is 0.502 e. The molecule has 2 aromatic rings. The van der Waals surface area contributed by atoms with Crippen LogP contribution in [0.1, 0.15) is 74.6 Å². The van der Waals surface area contributed by atoms with E-state index in [9.17, 15) is 29.4 Å². The van der Waals surface area contributed by atoms with Gasteiger partial charge < -0.3 is 29.2 Å². The number of hydrogen-bond donors (Lipinski definition) is 2. The Bertz CT molecular complexity index is 1580. The van der Waals surface area contributed by atoms with E-state index in [0.717, 1.165) is 5.57 Å². The number of esters is 4. The minimum absolute atomic E-state index is 0.140. The Morgan fingerprint density at radius 3 is 2.28 bits per heavy atom. The molecule has 2 aliphatic carbocycles. The van der Waals surface area contributed by atoms with E-state index in [4.69, 9.17) is 18.9 Å². The molecule has 1 aromatic carbocycles. The number of ether oxygens (including phenoxy) is 4. The SMILES string of the molecule is CC(=O)O[C@H](CC1=C(O)C(=O)OC1)[C@]1(C)[C@H]2CCC=C(C)[C@]2(C)[C@@H](OC(=O)c2cccnc2)[C@H](OC(=O)c2ccccc2)[C@]1(C)O. The Morgan fingerprint density at radius 2 is 1.67 bits per heavy atom. The third-order valence-electron chi connectivity index (χ3n) is 10.4. The lowest BCUT2D eigenvalue weighted by atomic mass is 9.42. The molecule has 0 unspecified atom stereocenters. The highest BCUT2D eigenvalue weighted by Gasteiger charge is 2.73. The van der Waals surface area contributed by atoms with Crippen LogP contribution in [0.2, 0.25) is 0 Å². The molecule has 3 aliphatic rings. The highest BCUT2D eigenvalue weighted by molar-refractivity contribution is 5.90. The van der Waals surface area contributed by atoms with Crippen LogP contribution in [0, 0.1) is 16.7 Å². The lowest BCUT2D eigenvalue weighted by Gasteiger charge is -2.66. The molecule has 0 saturated heterocycles. The zero-order chi connectivity index (χ0) is 33.4. The maximum atomic E-state index is 13.7. The Balaban J connectivity index is 1.70. The normalized spacial score (nSPS) is 31.2. The molecule has 1 aromatic heterocycles. The first-order valence-corrected chi connectivity index (χ1v) is 15.2. The fourth-order valence-corrected chi connectivity index (χ4v) is 7.60. The molecule has 0 radical (unpaired) electrons.